The highest BCUT2D eigenvalue weighted by atomic mass is 32.2. The van der Waals surface area contributed by atoms with Gasteiger partial charge in [0, 0.05) is 13.2 Å². The number of fused-ring (bicyclic) bond motifs is 1. The minimum atomic E-state index is -0.286. The van der Waals surface area contributed by atoms with Crippen LogP contribution in [0, 0.1) is 5.82 Å². The van der Waals surface area contributed by atoms with Crippen LogP contribution < -0.4 is 5.32 Å². The summed E-state index contributed by atoms with van der Waals surface area (Å²) in [7, 11) is 0. The largest absolute Gasteiger partial charge is 0.376 e. The van der Waals surface area contributed by atoms with Gasteiger partial charge in [0.15, 0.2) is 11.2 Å². The number of halogens is 1. The number of carbonyl (C=O) groups is 1. The van der Waals surface area contributed by atoms with E-state index in [1.165, 1.54) is 30.2 Å². The van der Waals surface area contributed by atoms with Crippen LogP contribution in [0.15, 0.2) is 35.6 Å². The van der Waals surface area contributed by atoms with E-state index in [4.69, 9.17) is 4.74 Å². The molecule has 0 saturated carbocycles. The van der Waals surface area contributed by atoms with E-state index >= 15 is 0 Å². The van der Waals surface area contributed by atoms with E-state index in [1.54, 1.807) is 16.8 Å². The first-order valence-electron chi connectivity index (χ1n) is 8.99. The standard InChI is InChI=1S/C18H19FN6O2S/c19-13-5-3-12(4-6-13)9-25-17-16(23-24-25)18(22-11-21-17)28-10-15(26)20-8-14-2-1-7-27-14/h3-6,11,14H,1-2,7-10H2,(H,20,26)/t14-/m1/s1. The van der Waals surface area contributed by atoms with Gasteiger partial charge in [-0.3, -0.25) is 4.79 Å². The zero-order valence-corrected chi connectivity index (χ0v) is 15.9. The molecule has 10 heteroatoms. The SMILES string of the molecule is O=C(CSc1ncnc2c1nnn2Cc1ccc(F)cc1)NC[C@H]1CCCO1. The van der Waals surface area contributed by atoms with Crippen LogP contribution in [0.5, 0.6) is 0 Å². The molecule has 146 valence electrons. The fraction of sp³-hybridized carbons (Fsp3) is 0.389. The van der Waals surface area contributed by atoms with Crippen LogP contribution in [0.3, 0.4) is 0 Å². The van der Waals surface area contributed by atoms with Crippen molar-refractivity contribution in [1.29, 1.82) is 0 Å². The number of benzene rings is 1. The highest BCUT2D eigenvalue weighted by Crippen LogP contribution is 2.22. The Kier molecular flexibility index (Phi) is 5.77. The van der Waals surface area contributed by atoms with Crippen molar-refractivity contribution >= 4 is 28.8 Å². The summed E-state index contributed by atoms with van der Waals surface area (Å²) in [6.07, 6.45) is 3.57. The number of nitrogens with zero attached hydrogens (tertiary/aromatic N) is 5. The number of rotatable bonds is 7. The molecule has 1 atom stereocenters. The molecule has 1 amide bonds. The predicted molar refractivity (Wildman–Crippen MR) is 101 cm³/mol. The Balaban J connectivity index is 1.39. The maximum Gasteiger partial charge on any atom is 0.230 e. The monoisotopic (exact) mass is 402 g/mol. The van der Waals surface area contributed by atoms with Gasteiger partial charge in [0.1, 0.15) is 17.2 Å². The van der Waals surface area contributed by atoms with Gasteiger partial charge in [0.05, 0.1) is 18.4 Å². The van der Waals surface area contributed by atoms with E-state index in [9.17, 15) is 9.18 Å². The molecular weight excluding hydrogens is 383 g/mol. The number of ether oxygens (including phenoxy) is 1. The Morgan fingerprint density at radius 3 is 2.96 bits per heavy atom. The third-order valence-corrected chi connectivity index (χ3v) is 5.38. The summed E-state index contributed by atoms with van der Waals surface area (Å²) >= 11 is 1.29. The zero-order valence-electron chi connectivity index (χ0n) is 15.0. The molecule has 1 aliphatic rings. The lowest BCUT2D eigenvalue weighted by molar-refractivity contribution is -0.119. The molecule has 0 unspecified atom stereocenters. The fourth-order valence-corrected chi connectivity index (χ4v) is 3.72. The molecule has 0 spiro atoms. The van der Waals surface area contributed by atoms with E-state index in [1.807, 2.05) is 0 Å². The molecule has 3 aromatic rings. The lowest BCUT2D eigenvalue weighted by Crippen LogP contribution is -2.32. The second kappa shape index (κ2) is 8.61. The van der Waals surface area contributed by atoms with Gasteiger partial charge in [0.25, 0.3) is 0 Å². The second-order valence-electron chi connectivity index (χ2n) is 6.45. The molecule has 28 heavy (non-hydrogen) atoms. The molecule has 0 bridgehead atoms. The Labute approximate surface area is 164 Å². The van der Waals surface area contributed by atoms with Crippen molar-refractivity contribution in [2.75, 3.05) is 18.9 Å². The van der Waals surface area contributed by atoms with E-state index in [2.05, 4.69) is 25.6 Å². The Morgan fingerprint density at radius 2 is 2.18 bits per heavy atom. The van der Waals surface area contributed by atoms with Gasteiger partial charge in [0.2, 0.25) is 5.91 Å². The molecule has 0 radical (unpaired) electrons. The quantitative estimate of drug-likeness (QED) is 0.476. The zero-order chi connectivity index (χ0) is 19.3. The van der Waals surface area contributed by atoms with Crippen molar-refractivity contribution in [3.8, 4) is 0 Å². The molecule has 3 heterocycles. The Bertz CT molecular complexity index is 958. The van der Waals surface area contributed by atoms with Gasteiger partial charge >= 0.3 is 0 Å². The summed E-state index contributed by atoms with van der Waals surface area (Å²) < 4.78 is 20.2. The van der Waals surface area contributed by atoms with E-state index < -0.39 is 0 Å². The van der Waals surface area contributed by atoms with Gasteiger partial charge in [-0.1, -0.05) is 29.1 Å². The van der Waals surface area contributed by atoms with Crippen LogP contribution in [0.25, 0.3) is 11.2 Å². The molecule has 1 saturated heterocycles. The number of thioether (sulfide) groups is 1. The first-order valence-corrected chi connectivity index (χ1v) is 9.97. The maximum atomic E-state index is 13.1. The predicted octanol–water partition coefficient (Wildman–Crippen LogP) is 1.80. The van der Waals surface area contributed by atoms with Gasteiger partial charge in [-0.25, -0.2) is 19.0 Å². The highest BCUT2D eigenvalue weighted by molar-refractivity contribution is 8.00. The lowest BCUT2D eigenvalue weighted by Gasteiger charge is -2.10. The van der Waals surface area contributed by atoms with Crippen LogP contribution >= 0.6 is 11.8 Å². The molecule has 8 nitrogen and oxygen atoms in total. The number of nitrogens with one attached hydrogen (secondary N) is 1. The summed E-state index contributed by atoms with van der Waals surface area (Å²) in [6.45, 7) is 1.72. The second-order valence-corrected chi connectivity index (χ2v) is 7.42. The summed E-state index contributed by atoms with van der Waals surface area (Å²) in [4.78, 5) is 20.6. The number of amides is 1. The van der Waals surface area contributed by atoms with E-state index in [0.717, 1.165) is 25.0 Å². The maximum absolute atomic E-state index is 13.1. The number of carbonyl (C=O) groups excluding carboxylic acids is 1. The number of aromatic nitrogens is 5. The molecule has 1 aliphatic heterocycles. The van der Waals surface area contributed by atoms with Crippen LogP contribution in [0.4, 0.5) is 4.39 Å². The first-order chi connectivity index (χ1) is 13.7. The van der Waals surface area contributed by atoms with Crippen LogP contribution in [-0.4, -0.2) is 55.9 Å². The van der Waals surface area contributed by atoms with E-state index in [-0.39, 0.29) is 23.6 Å². The van der Waals surface area contributed by atoms with Gasteiger partial charge < -0.3 is 10.1 Å². The molecular formula is C18H19FN6O2S. The number of hydrogen-bond donors (Lipinski definition) is 1. The van der Waals surface area contributed by atoms with Gasteiger partial charge in [-0.2, -0.15) is 0 Å². The molecule has 1 aromatic carbocycles. The smallest absolute Gasteiger partial charge is 0.230 e. The average molecular weight is 402 g/mol. The topological polar surface area (TPSA) is 94.8 Å². The molecule has 0 aliphatic carbocycles. The molecule has 2 aromatic heterocycles. The van der Waals surface area contributed by atoms with Gasteiger partial charge in [-0.05, 0) is 30.5 Å². The summed E-state index contributed by atoms with van der Waals surface area (Å²) in [5.74, 6) is -0.138. The number of hydrogen-bond acceptors (Lipinski definition) is 7. The Morgan fingerprint density at radius 1 is 1.32 bits per heavy atom. The van der Waals surface area contributed by atoms with Crippen molar-refractivity contribution in [2.24, 2.45) is 0 Å². The minimum Gasteiger partial charge on any atom is -0.376 e. The normalized spacial score (nSPS) is 16.5. The summed E-state index contributed by atoms with van der Waals surface area (Å²) in [5, 5.41) is 11.8. The van der Waals surface area contributed by atoms with E-state index in [0.29, 0.717) is 29.3 Å². The average Bonchev–Trinajstić information content (AvgIpc) is 3.37. The summed E-state index contributed by atoms with van der Waals surface area (Å²) in [6, 6.07) is 6.19. The lowest BCUT2D eigenvalue weighted by atomic mass is 10.2. The molecule has 1 N–H and O–H groups in total. The third-order valence-electron chi connectivity index (χ3n) is 4.40. The van der Waals surface area contributed by atoms with Crippen LogP contribution in [-0.2, 0) is 16.1 Å². The molecule has 4 rings (SSSR count). The van der Waals surface area contributed by atoms with Gasteiger partial charge in [-0.15, -0.1) is 5.10 Å². The molecule has 1 fully saturated rings. The minimum absolute atomic E-state index is 0.0778. The third kappa shape index (κ3) is 4.45. The van der Waals surface area contributed by atoms with Crippen molar-refractivity contribution in [1.82, 2.24) is 30.3 Å². The van der Waals surface area contributed by atoms with Crippen molar-refractivity contribution in [3.63, 3.8) is 0 Å². The Hall–Kier alpha value is -2.59. The highest BCUT2D eigenvalue weighted by Gasteiger charge is 2.17. The van der Waals surface area contributed by atoms with Crippen LogP contribution in [0.2, 0.25) is 0 Å². The van der Waals surface area contributed by atoms with Crippen LogP contribution in [0.1, 0.15) is 18.4 Å². The first kappa shape index (κ1) is 18.8. The van der Waals surface area contributed by atoms with Crippen molar-refractivity contribution in [3.05, 3.63) is 42.0 Å². The van der Waals surface area contributed by atoms with Crippen molar-refractivity contribution < 1.29 is 13.9 Å². The fourth-order valence-electron chi connectivity index (χ4n) is 2.96. The van der Waals surface area contributed by atoms with Crippen molar-refractivity contribution in [2.45, 2.75) is 30.5 Å². The summed E-state index contributed by atoms with van der Waals surface area (Å²) in [5.41, 5.74) is 2.00.